The summed E-state index contributed by atoms with van der Waals surface area (Å²) in [4.78, 5) is 29.6. The maximum absolute atomic E-state index is 12.4. The fourth-order valence-corrected chi connectivity index (χ4v) is 3.99. The molecular formula is C19H25N7O. The number of aromatic nitrogens is 3. The van der Waals surface area contributed by atoms with Crippen molar-refractivity contribution in [3.05, 3.63) is 35.7 Å². The van der Waals surface area contributed by atoms with E-state index >= 15 is 0 Å². The predicted molar refractivity (Wildman–Crippen MR) is 103 cm³/mol. The summed E-state index contributed by atoms with van der Waals surface area (Å²) in [7, 11) is 1.91. The number of hydrogen-bond donors (Lipinski definition) is 2. The molecule has 1 amide bonds. The molecule has 3 N–H and O–H groups in total. The molecule has 0 saturated carbocycles. The Hall–Kier alpha value is -2.74. The van der Waals surface area contributed by atoms with Crippen LogP contribution in [0.1, 0.15) is 24.2 Å². The van der Waals surface area contributed by atoms with Crippen LogP contribution in [0.25, 0.3) is 0 Å². The Balaban J connectivity index is 1.51. The number of nitrogens with one attached hydrogen (secondary N) is 1. The van der Waals surface area contributed by atoms with E-state index < -0.39 is 0 Å². The van der Waals surface area contributed by atoms with E-state index in [2.05, 4.69) is 25.2 Å². The number of piperidine rings is 1. The average molecular weight is 367 g/mol. The molecule has 0 unspecified atom stereocenters. The number of fused-ring (bicyclic) bond motifs is 4. The first-order valence-electron chi connectivity index (χ1n) is 9.31. The first-order valence-corrected chi connectivity index (χ1v) is 9.31. The highest BCUT2D eigenvalue weighted by Crippen LogP contribution is 2.28. The Morgan fingerprint density at radius 3 is 2.89 bits per heavy atom. The van der Waals surface area contributed by atoms with Crippen LogP contribution in [0.3, 0.4) is 0 Å². The Labute approximate surface area is 158 Å². The van der Waals surface area contributed by atoms with Crippen LogP contribution in [0.4, 0.5) is 17.6 Å². The van der Waals surface area contributed by atoms with Gasteiger partial charge in [-0.15, -0.1) is 0 Å². The van der Waals surface area contributed by atoms with Crippen LogP contribution in [0, 0.1) is 12.8 Å². The number of anilines is 3. The van der Waals surface area contributed by atoms with Gasteiger partial charge in [-0.25, -0.2) is 0 Å². The number of likely N-dealkylation sites (N-methyl/N-ethyl adjacent to an activating group) is 1. The molecule has 27 heavy (non-hydrogen) atoms. The minimum absolute atomic E-state index is 0.0674. The SMILES string of the molecule is Cc1cccc(Nc2nc(N)nc(CN3C[C@@H]4CC[C@H](C3)N(C)C4=O)n2)c1. The van der Waals surface area contributed by atoms with Crippen LogP contribution >= 0.6 is 0 Å². The molecule has 3 aliphatic heterocycles. The second-order valence-electron chi connectivity index (χ2n) is 7.50. The molecule has 3 aliphatic rings. The number of nitrogen functional groups attached to an aromatic ring is 1. The van der Waals surface area contributed by atoms with E-state index in [9.17, 15) is 4.79 Å². The van der Waals surface area contributed by atoms with Crippen LogP contribution in [-0.2, 0) is 11.3 Å². The first kappa shape index (κ1) is 17.7. The van der Waals surface area contributed by atoms with E-state index in [1.807, 2.05) is 43.1 Å². The quantitative estimate of drug-likeness (QED) is 0.846. The van der Waals surface area contributed by atoms with Crippen LogP contribution < -0.4 is 11.1 Å². The summed E-state index contributed by atoms with van der Waals surface area (Å²) in [5.41, 5.74) is 7.96. The molecule has 0 radical (unpaired) electrons. The lowest BCUT2D eigenvalue weighted by atomic mass is 9.95. The molecule has 3 fully saturated rings. The van der Waals surface area contributed by atoms with E-state index in [0.717, 1.165) is 37.2 Å². The molecule has 0 spiro atoms. The first-order chi connectivity index (χ1) is 13.0. The fourth-order valence-electron chi connectivity index (χ4n) is 3.99. The third-order valence-electron chi connectivity index (χ3n) is 5.38. The van der Waals surface area contributed by atoms with Crippen molar-refractivity contribution in [2.24, 2.45) is 5.92 Å². The van der Waals surface area contributed by atoms with Gasteiger partial charge in [0.1, 0.15) is 5.82 Å². The third kappa shape index (κ3) is 3.85. The Kier molecular flexibility index (Phi) is 4.65. The zero-order valence-corrected chi connectivity index (χ0v) is 15.7. The van der Waals surface area contributed by atoms with Gasteiger partial charge in [-0.2, -0.15) is 15.0 Å². The minimum Gasteiger partial charge on any atom is -0.368 e. The minimum atomic E-state index is 0.0674. The van der Waals surface area contributed by atoms with Crippen molar-refractivity contribution in [1.82, 2.24) is 24.8 Å². The summed E-state index contributed by atoms with van der Waals surface area (Å²) < 4.78 is 0. The maximum atomic E-state index is 12.4. The lowest BCUT2D eigenvalue weighted by Crippen LogP contribution is -2.45. The lowest BCUT2D eigenvalue weighted by molar-refractivity contribution is -0.138. The number of nitrogens with zero attached hydrogens (tertiary/aromatic N) is 5. The summed E-state index contributed by atoms with van der Waals surface area (Å²) in [5.74, 6) is 1.58. The molecule has 2 bridgehead atoms. The largest absolute Gasteiger partial charge is 0.368 e. The van der Waals surface area contributed by atoms with E-state index in [1.54, 1.807) is 0 Å². The number of amides is 1. The monoisotopic (exact) mass is 367 g/mol. The van der Waals surface area contributed by atoms with Crippen molar-refractivity contribution in [2.75, 3.05) is 31.2 Å². The molecule has 3 saturated heterocycles. The van der Waals surface area contributed by atoms with Gasteiger partial charge < -0.3 is 16.0 Å². The smallest absolute Gasteiger partial charge is 0.232 e. The molecule has 4 heterocycles. The number of benzene rings is 1. The predicted octanol–water partition coefficient (Wildman–Crippen LogP) is 1.56. The van der Waals surface area contributed by atoms with E-state index in [-0.39, 0.29) is 23.8 Å². The number of aryl methyl sites for hydroxylation is 1. The van der Waals surface area contributed by atoms with Gasteiger partial charge >= 0.3 is 0 Å². The zero-order chi connectivity index (χ0) is 19.0. The van der Waals surface area contributed by atoms with Gasteiger partial charge in [-0.3, -0.25) is 9.69 Å². The summed E-state index contributed by atoms with van der Waals surface area (Å²) in [6.07, 6.45) is 2.02. The van der Waals surface area contributed by atoms with Gasteiger partial charge in [0.15, 0.2) is 0 Å². The number of hydrogen-bond acceptors (Lipinski definition) is 7. The molecule has 142 valence electrons. The van der Waals surface area contributed by atoms with Crippen LogP contribution in [0.15, 0.2) is 24.3 Å². The third-order valence-corrected chi connectivity index (χ3v) is 5.38. The van der Waals surface area contributed by atoms with Gasteiger partial charge in [0, 0.05) is 31.9 Å². The molecule has 2 aromatic rings. The summed E-state index contributed by atoms with van der Waals surface area (Å²) in [5, 5.41) is 3.20. The number of carbonyl (C=O) groups excluding carboxylic acids is 1. The molecule has 8 heteroatoms. The highest BCUT2D eigenvalue weighted by Gasteiger charge is 2.38. The van der Waals surface area contributed by atoms with Crippen molar-refractivity contribution in [3.8, 4) is 0 Å². The maximum Gasteiger partial charge on any atom is 0.232 e. The van der Waals surface area contributed by atoms with Gasteiger partial charge in [0.25, 0.3) is 0 Å². The van der Waals surface area contributed by atoms with Crippen LogP contribution in [0.5, 0.6) is 0 Å². The second-order valence-corrected chi connectivity index (χ2v) is 7.50. The summed E-state index contributed by atoms with van der Waals surface area (Å²) >= 11 is 0. The van der Waals surface area contributed by atoms with Crippen molar-refractivity contribution < 1.29 is 4.79 Å². The number of rotatable bonds is 4. The highest BCUT2D eigenvalue weighted by molar-refractivity contribution is 5.80. The standard InChI is InChI=1S/C19H25N7O/c1-12-4-3-5-14(8-12)21-19-23-16(22-18(20)24-19)11-26-9-13-6-7-15(10-26)25(2)17(13)27/h3-5,8,13,15H,6-7,9-11H2,1-2H3,(H3,20,21,22,23,24)/t13-,15+/m0/s1. The number of nitrogens with two attached hydrogens (primary N) is 1. The van der Waals surface area contributed by atoms with Crippen molar-refractivity contribution in [1.29, 1.82) is 0 Å². The van der Waals surface area contributed by atoms with Gasteiger partial charge in [-0.05, 0) is 37.5 Å². The van der Waals surface area contributed by atoms with Gasteiger partial charge in [0.05, 0.1) is 12.5 Å². The number of carbonyl (C=O) groups is 1. The van der Waals surface area contributed by atoms with E-state index in [4.69, 9.17) is 5.73 Å². The topological polar surface area (TPSA) is 100 Å². The zero-order valence-electron chi connectivity index (χ0n) is 15.7. The highest BCUT2D eigenvalue weighted by atomic mass is 16.2. The average Bonchev–Trinajstić information content (AvgIpc) is 2.87. The van der Waals surface area contributed by atoms with Crippen LogP contribution in [-0.4, -0.2) is 56.8 Å². The normalized spacial score (nSPS) is 22.7. The van der Waals surface area contributed by atoms with Crippen LogP contribution in [0.2, 0.25) is 0 Å². The van der Waals surface area contributed by atoms with Crippen molar-refractivity contribution in [3.63, 3.8) is 0 Å². The van der Waals surface area contributed by atoms with E-state index in [0.29, 0.717) is 18.3 Å². The molecular weight excluding hydrogens is 342 g/mol. The second kappa shape index (κ2) is 7.11. The van der Waals surface area contributed by atoms with Crippen molar-refractivity contribution >= 4 is 23.5 Å². The fraction of sp³-hybridized carbons (Fsp3) is 0.474. The molecule has 5 rings (SSSR count). The Morgan fingerprint density at radius 2 is 2.07 bits per heavy atom. The van der Waals surface area contributed by atoms with Gasteiger partial charge in [-0.1, -0.05) is 12.1 Å². The Morgan fingerprint density at radius 1 is 1.22 bits per heavy atom. The molecule has 1 aromatic heterocycles. The summed E-state index contributed by atoms with van der Waals surface area (Å²) in [6, 6.07) is 8.25. The van der Waals surface area contributed by atoms with Gasteiger partial charge in [0.2, 0.25) is 17.8 Å². The molecule has 8 nitrogen and oxygen atoms in total. The van der Waals surface area contributed by atoms with E-state index in [1.165, 1.54) is 0 Å². The summed E-state index contributed by atoms with van der Waals surface area (Å²) in [6.45, 7) is 4.17. The molecule has 2 atom stereocenters. The lowest BCUT2D eigenvalue weighted by Gasteiger charge is -2.32. The Bertz CT molecular complexity index is 856. The molecule has 0 aliphatic carbocycles. The van der Waals surface area contributed by atoms with Crippen molar-refractivity contribution in [2.45, 2.75) is 32.4 Å². The molecule has 1 aromatic carbocycles.